The third-order valence-corrected chi connectivity index (χ3v) is 5.39. The zero-order valence-corrected chi connectivity index (χ0v) is 11.7. The molecule has 0 amide bonds. The van der Waals surface area contributed by atoms with Gasteiger partial charge in [-0.05, 0) is 36.5 Å². The third-order valence-electron chi connectivity index (χ3n) is 4.20. The molecule has 2 rings (SSSR count). The SMILES string of the molecule is CC1CC(C)CN(CC2(CBr)CCC2)C1. The molecule has 0 bridgehead atoms. The van der Waals surface area contributed by atoms with Crippen molar-refractivity contribution in [2.45, 2.75) is 39.5 Å². The minimum Gasteiger partial charge on any atom is -0.302 e. The van der Waals surface area contributed by atoms with Crippen LogP contribution in [0.4, 0.5) is 0 Å². The van der Waals surface area contributed by atoms with Crippen LogP contribution in [0, 0.1) is 17.3 Å². The summed E-state index contributed by atoms with van der Waals surface area (Å²) in [7, 11) is 0. The van der Waals surface area contributed by atoms with Crippen molar-refractivity contribution in [1.82, 2.24) is 4.90 Å². The smallest absolute Gasteiger partial charge is 0.0100 e. The fourth-order valence-electron chi connectivity index (χ4n) is 3.41. The van der Waals surface area contributed by atoms with Crippen molar-refractivity contribution in [1.29, 1.82) is 0 Å². The molecule has 88 valence electrons. The molecule has 1 saturated carbocycles. The van der Waals surface area contributed by atoms with E-state index in [1.165, 1.54) is 50.6 Å². The van der Waals surface area contributed by atoms with E-state index in [1.54, 1.807) is 0 Å². The van der Waals surface area contributed by atoms with Gasteiger partial charge in [-0.15, -0.1) is 0 Å². The molecule has 2 unspecified atom stereocenters. The molecule has 0 aromatic carbocycles. The van der Waals surface area contributed by atoms with Gasteiger partial charge in [0.15, 0.2) is 0 Å². The van der Waals surface area contributed by atoms with Gasteiger partial charge in [0.2, 0.25) is 0 Å². The molecule has 2 heteroatoms. The van der Waals surface area contributed by atoms with Gasteiger partial charge in [0.1, 0.15) is 0 Å². The van der Waals surface area contributed by atoms with Crippen LogP contribution in [0.5, 0.6) is 0 Å². The van der Waals surface area contributed by atoms with Gasteiger partial charge in [0.25, 0.3) is 0 Å². The monoisotopic (exact) mass is 273 g/mol. The fraction of sp³-hybridized carbons (Fsp3) is 1.00. The van der Waals surface area contributed by atoms with Crippen LogP contribution in [-0.4, -0.2) is 29.9 Å². The molecular formula is C13H24BrN. The Hall–Kier alpha value is 0.440. The van der Waals surface area contributed by atoms with E-state index in [2.05, 4.69) is 34.7 Å². The van der Waals surface area contributed by atoms with E-state index in [0.29, 0.717) is 5.41 Å². The van der Waals surface area contributed by atoms with Gasteiger partial charge in [0.05, 0.1) is 0 Å². The topological polar surface area (TPSA) is 3.24 Å². The first-order valence-corrected chi connectivity index (χ1v) is 7.54. The molecule has 0 aromatic heterocycles. The lowest BCUT2D eigenvalue weighted by Crippen LogP contribution is -2.48. The number of piperidine rings is 1. The van der Waals surface area contributed by atoms with Gasteiger partial charge >= 0.3 is 0 Å². The van der Waals surface area contributed by atoms with Gasteiger partial charge in [0, 0.05) is 25.0 Å². The molecule has 2 fully saturated rings. The Balaban J connectivity index is 1.87. The summed E-state index contributed by atoms with van der Waals surface area (Å²) in [6, 6.07) is 0. The molecule has 0 N–H and O–H groups in total. The number of likely N-dealkylation sites (tertiary alicyclic amines) is 1. The van der Waals surface area contributed by atoms with Crippen LogP contribution in [-0.2, 0) is 0 Å². The van der Waals surface area contributed by atoms with Crippen LogP contribution in [0.3, 0.4) is 0 Å². The van der Waals surface area contributed by atoms with Crippen LogP contribution >= 0.6 is 15.9 Å². The molecule has 2 aliphatic rings. The molecule has 1 nitrogen and oxygen atoms in total. The Labute approximate surface area is 103 Å². The van der Waals surface area contributed by atoms with Crippen molar-refractivity contribution in [2.75, 3.05) is 25.0 Å². The predicted molar refractivity (Wildman–Crippen MR) is 69.5 cm³/mol. The molecule has 2 atom stereocenters. The van der Waals surface area contributed by atoms with E-state index in [4.69, 9.17) is 0 Å². The van der Waals surface area contributed by atoms with E-state index in [9.17, 15) is 0 Å². The Bertz CT molecular complexity index is 197. The van der Waals surface area contributed by atoms with Crippen LogP contribution in [0.25, 0.3) is 0 Å². The number of hydrogen-bond acceptors (Lipinski definition) is 1. The Morgan fingerprint density at radius 2 is 1.80 bits per heavy atom. The Kier molecular flexibility index (Phi) is 3.77. The van der Waals surface area contributed by atoms with Crippen molar-refractivity contribution in [3.63, 3.8) is 0 Å². The highest BCUT2D eigenvalue weighted by Gasteiger charge is 2.38. The molecule has 0 spiro atoms. The summed E-state index contributed by atoms with van der Waals surface area (Å²) in [6.07, 6.45) is 5.76. The summed E-state index contributed by atoms with van der Waals surface area (Å²) in [5.41, 5.74) is 0.636. The summed E-state index contributed by atoms with van der Waals surface area (Å²) < 4.78 is 0. The number of halogens is 1. The quantitative estimate of drug-likeness (QED) is 0.712. The van der Waals surface area contributed by atoms with Crippen molar-refractivity contribution in [3.8, 4) is 0 Å². The average molecular weight is 274 g/mol. The second-order valence-corrected chi connectivity index (χ2v) is 6.69. The van der Waals surface area contributed by atoms with Gasteiger partial charge in [-0.1, -0.05) is 36.2 Å². The maximum absolute atomic E-state index is 3.71. The number of nitrogens with zero attached hydrogens (tertiary/aromatic N) is 1. The first-order chi connectivity index (χ1) is 7.13. The largest absolute Gasteiger partial charge is 0.302 e. The maximum Gasteiger partial charge on any atom is 0.0100 e. The lowest BCUT2D eigenvalue weighted by molar-refractivity contribution is 0.0504. The first kappa shape index (κ1) is 11.9. The van der Waals surface area contributed by atoms with Crippen LogP contribution in [0.15, 0.2) is 0 Å². The highest BCUT2D eigenvalue weighted by atomic mass is 79.9. The van der Waals surface area contributed by atoms with Crippen LogP contribution < -0.4 is 0 Å². The van der Waals surface area contributed by atoms with E-state index in [0.717, 1.165) is 11.8 Å². The summed E-state index contributed by atoms with van der Waals surface area (Å²) in [5, 5.41) is 1.21. The fourth-order valence-corrected chi connectivity index (χ4v) is 4.14. The van der Waals surface area contributed by atoms with Crippen molar-refractivity contribution < 1.29 is 0 Å². The van der Waals surface area contributed by atoms with E-state index in [1.807, 2.05) is 0 Å². The van der Waals surface area contributed by atoms with E-state index in [-0.39, 0.29) is 0 Å². The van der Waals surface area contributed by atoms with E-state index >= 15 is 0 Å². The lowest BCUT2D eigenvalue weighted by atomic mass is 9.69. The summed E-state index contributed by atoms with van der Waals surface area (Å²) in [4.78, 5) is 2.72. The van der Waals surface area contributed by atoms with Crippen molar-refractivity contribution >= 4 is 15.9 Å². The van der Waals surface area contributed by atoms with Crippen molar-refractivity contribution in [2.24, 2.45) is 17.3 Å². The minimum atomic E-state index is 0.636. The van der Waals surface area contributed by atoms with Gasteiger partial charge in [-0.3, -0.25) is 0 Å². The summed E-state index contributed by atoms with van der Waals surface area (Å²) >= 11 is 3.71. The minimum absolute atomic E-state index is 0.636. The lowest BCUT2D eigenvalue weighted by Gasteiger charge is -2.46. The van der Waals surface area contributed by atoms with Gasteiger partial charge in [-0.25, -0.2) is 0 Å². The van der Waals surface area contributed by atoms with Gasteiger partial charge in [-0.2, -0.15) is 0 Å². The molecule has 1 heterocycles. The second-order valence-electron chi connectivity index (χ2n) is 6.13. The zero-order chi connectivity index (χ0) is 10.9. The maximum atomic E-state index is 3.71. The average Bonchev–Trinajstić information content (AvgIpc) is 2.10. The van der Waals surface area contributed by atoms with Crippen molar-refractivity contribution in [3.05, 3.63) is 0 Å². The number of alkyl halides is 1. The zero-order valence-electron chi connectivity index (χ0n) is 10.1. The molecule has 15 heavy (non-hydrogen) atoms. The third kappa shape index (κ3) is 2.76. The molecular weight excluding hydrogens is 250 g/mol. The predicted octanol–water partition coefficient (Wildman–Crippen LogP) is 3.53. The highest BCUT2D eigenvalue weighted by Crippen LogP contribution is 2.43. The standard InChI is InChI=1S/C13H24BrN/c1-11-6-12(2)8-15(7-11)10-13(9-14)4-3-5-13/h11-12H,3-10H2,1-2H3. The summed E-state index contributed by atoms with van der Waals surface area (Å²) in [5.74, 6) is 1.81. The van der Waals surface area contributed by atoms with Crippen LogP contribution in [0.2, 0.25) is 0 Å². The molecule has 0 radical (unpaired) electrons. The summed E-state index contributed by atoms with van der Waals surface area (Å²) in [6.45, 7) is 8.82. The molecule has 0 aromatic rings. The molecule has 1 aliphatic heterocycles. The second kappa shape index (κ2) is 4.75. The molecule has 1 saturated heterocycles. The number of rotatable bonds is 3. The number of hydrogen-bond donors (Lipinski definition) is 0. The molecule has 1 aliphatic carbocycles. The van der Waals surface area contributed by atoms with E-state index < -0.39 is 0 Å². The normalized spacial score (nSPS) is 36.2. The Morgan fingerprint density at radius 1 is 1.20 bits per heavy atom. The Morgan fingerprint density at radius 3 is 2.20 bits per heavy atom. The highest BCUT2D eigenvalue weighted by molar-refractivity contribution is 9.09. The first-order valence-electron chi connectivity index (χ1n) is 6.42. The van der Waals surface area contributed by atoms with Crippen LogP contribution in [0.1, 0.15) is 39.5 Å². The van der Waals surface area contributed by atoms with Gasteiger partial charge < -0.3 is 4.90 Å².